The van der Waals surface area contributed by atoms with E-state index in [1.54, 1.807) is 0 Å². The van der Waals surface area contributed by atoms with Crippen molar-refractivity contribution in [3.63, 3.8) is 0 Å². The van der Waals surface area contributed by atoms with Gasteiger partial charge in [0.1, 0.15) is 85.5 Å². The summed E-state index contributed by atoms with van der Waals surface area (Å²) in [7, 11) is 0. The summed E-state index contributed by atoms with van der Waals surface area (Å²) in [5.74, 6) is -0.228. The van der Waals surface area contributed by atoms with Crippen molar-refractivity contribution in [3.05, 3.63) is 11.6 Å². The van der Waals surface area contributed by atoms with Crippen LogP contribution < -0.4 is 0 Å². The standard InChI is InChI=1S/C53H90O22/c1-24(2)9-8-15-53(67,23-69-46-41(65)39(63)36(60)29(19-54)71-46)27-12-16-50(6)26(27)10-11-32-51(50,7)17-13-31-49(4,5)33(14-18-52(31,32)22-56)73-48-44(75-47-42(66)38(62)34(58)25(3)70-47)43(37(61)30(20-55)72-48)74-45-40(64)35(59)28(57)21-68-45/h9,25-48,54-67H,8,10-23H2,1-7H3/t25-,26+,27-,28+,29+,30+,31?,32-,33-,34-,35-,36+,37+,38+,39-,40+,41+,42+,43-,44+,45-,46+,47-,48-,50+,51+,52+,53+/m0/s1. The zero-order valence-electron chi connectivity index (χ0n) is 44.6. The number of aliphatic hydroxyl groups is 14. The average Bonchev–Trinajstić information content (AvgIpc) is 3.74. The van der Waals surface area contributed by atoms with Crippen LogP contribution in [-0.4, -0.2) is 233 Å². The van der Waals surface area contributed by atoms with Crippen molar-refractivity contribution in [2.45, 2.75) is 241 Å². The normalized spacial score (nSPS) is 51.7. The van der Waals surface area contributed by atoms with Gasteiger partial charge in [-0.3, -0.25) is 0 Å². The molecule has 28 atom stereocenters. The highest BCUT2D eigenvalue weighted by atomic mass is 16.8. The van der Waals surface area contributed by atoms with Crippen LogP contribution in [0.4, 0.5) is 0 Å². The third-order valence-corrected chi connectivity index (χ3v) is 20.5. The number of ether oxygens (including phenoxy) is 8. The van der Waals surface area contributed by atoms with Gasteiger partial charge in [0.2, 0.25) is 0 Å². The fourth-order valence-corrected chi connectivity index (χ4v) is 15.9. The lowest BCUT2D eigenvalue weighted by Crippen LogP contribution is -2.68. The number of hydrogen-bond acceptors (Lipinski definition) is 22. The largest absolute Gasteiger partial charge is 0.396 e. The predicted molar refractivity (Wildman–Crippen MR) is 260 cm³/mol. The third kappa shape index (κ3) is 10.6. The van der Waals surface area contributed by atoms with Gasteiger partial charge < -0.3 is 109 Å². The summed E-state index contributed by atoms with van der Waals surface area (Å²) in [5.41, 5.74) is -2.12. The van der Waals surface area contributed by atoms with Crippen LogP contribution in [0, 0.1) is 45.3 Å². The number of fused-ring (bicyclic) bond motifs is 5. The van der Waals surface area contributed by atoms with Crippen LogP contribution in [-0.2, 0) is 37.9 Å². The summed E-state index contributed by atoms with van der Waals surface area (Å²) in [6.45, 7) is 12.2. The summed E-state index contributed by atoms with van der Waals surface area (Å²) >= 11 is 0. The summed E-state index contributed by atoms with van der Waals surface area (Å²) in [5, 5.41) is 153. The molecule has 14 N–H and O–H groups in total. The zero-order chi connectivity index (χ0) is 54.9. The van der Waals surface area contributed by atoms with Gasteiger partial charge in [-0.1, -0.05) is 39.3 Å². The van der Waals surface area contributed by atoms with E-state index in [9.17, 15) is 71.5 Å². The Kier molecular flexibility index (Phi) is 18.4. The van der Waals surface area contributed by atoms with E-state index in [-0.39, 0.29) is 47.7 Å². The van der Waals surface area contributed by atoms with E-state index in [4.69, 9.17) is 37.9 Å². The Balaban J connectivity index is 1.04. The molecule has 0 radical (unpaired) electrons. The van der Waals surface area contributed by atoms with Gasteiger partial charge in [-0.15, -0.1) is 0 Å². The molecule has 4 aliphatic heterocycles. The van der Waals surface area contributed by atoms with E-state index in [1.165, 1.54) is 6.92 Å². The second-order valence-electron chi connectivity index (χ2n) is 25.0. The van der Waals surface area contributed by atoms with Crippen LogP contribution in [0.2, 0.25) is 0 Å². The highest BCUT2D eigenvalue weighted by Gasteiger charge is 2.71. The molecule has 8 aliphatic rings. The predicted octanol–water partition coefficient (Wildman–Crippen LogP) is -1.56. The lowest BCUT2D eigenvalue weighted by atomic mass is 9.35. The van der Waals surface area contributed by atoms with Crippen LogP contribution in [0.1, 0.15) is 113 Å². The van der Waals surface area contributed by atoms with Gasteiger partial charge in [-0.25, -0.2) is 0 Å². The number of aliphatic hydroxyl groups excluding tert-OH is 13. The van der Waals surface area contributed by atoms with Crippen molar-refractivity contribution in [2.24, 2.45) is 45.3 Å². The summed E-state index contributed by atoms with van der Waals surface area (Å²) in [6.07, 6.45) is -21.3. The molecule has 75 heavy (non-hydrogen) atoms. The maximum atomic E-state index is 12.9. The molecule has 0 bridgehead atoms. The molecule has 1 unspecified atom stereocenters. The highest BCUT2D eigenvalue weighted by molar-refractivity contribution is 5.20. The number of allylic oxidation sites excluding steroid dienone is 2. The zero-order valence-corrected chi connectivity index (χ0v) is 44.6. The third-order valence-electron chi connectivity index (χ3n) is 20.5. The summed E-state index contributed by atoms with van der Waals surface area (Å²) in [6, 6.07) is 0. The van der Waals surface area contributed by atoms with Crippen molar-refractivity contribution in [1.82, 2.24) is 0 Å². The molecule has 4 heterocycles. The van der Waals surface area contributed by atoms with Crippen LogP contribution in [0.3, 0.4) is 0 Å². The van der Waals surface area contributed by atoms with Crippen LogP contribution in [0.25, 0.3) is 0 Å². The molecule has 4 saturated carbocycles. The first-order valence-corrected chi connectivity index (χ1v) is 27.4. The Morgan fingerprint density at radius 3 is 1.88 bits per heavy atom. The fraction of sp³-hybridized carbons (Fsp3) is 0.962. The molecule has 0 aromatic rings. The Labute approximate surface area is 439 Å². The fourth-order valence-electron chi connectivity index (χ4n) is 15.9. The van der Waals surface area contributed by atoms with Crippen molar-refractivity contribution in [1.29, 1.82) is 0 Å². The van der Waals surface area contributed by atoms with Gasteiger partial charge in [0.25, 0.3) is 0 Å². The highest BCUT2D eigenvalue weighted by Crippen LogP contribution is 2.76. The van der Waals surface area contributed by atoms with Crippen LogP contribution in [0.5, 0.6) is 0 Å². The maximum Gasteiger partial charge on any atom is 0.187 e. The maximum absolute atomic E-state index is 12.9. The van der Waals surface area contributed by atoms with Crippen molar-refractivity contribution < 1.29 is 109 Å². The second kappa shape index (κ2) is 23.0. The first-order valence-electron chi connectivity index (χ1n) is 27.4. The Morgan fingerprint density at radius 2 is 1.21 bits per heavy atom. The minimum atomic E-state index is -1.81. The molecule has 22 heteroatoms. The molecular formula is C53H90O22. The van der Waals surface area contributed by atoms with Gasteiger partial charge in [-0.2, -0.15) is 0 Å². The first kappa shape index (κ1) is 60.0. The smallest absolute Gasteiger partial charge is 0.187 e. The van der Waals surface area contributed by atoms with Crippen molar-refractivity contribution >= 4 is 0 Å². The van der Waals surface area contributed by atoms with E-state index in [1.807, 2.05) is 13.8 Å². The molecular weight excluding hydrogens is 989 g/mol. The molecule has 0 aromatic carbocycles. The van der Waals surface area contributed by atoms with Gasteiger partial charge in [0.15, 0.2) is 25.2 Å². The van der Waals surface area contributed by atoms with Crippen molar-refractivity contribution in [3.8, 4) is 0 Å². The minimum Gasteiger partial charge on any atom is -0.396 e. The van der Waals surface area contributed by atoms with Crippen LogP contribution >= 0.6 is 0 Å². The molecule has 434 valence electrons. The van der Waals surface area contributed by atoms with E-state index in [2.05, 4.69) is 33.8 Å². The molecule has 0 spiro atoms. The molecule has 0 amide bonds. The van der Waals surface area contributed by atoms with Gasteiger partial charge in [0.05, 0.1) is 44.2 Å². The van der Waals surface area contributed by atoms with Crippen LogP contribution in [0.15, 0.2) is 11.6 Å². The lowest BCUT2D eigenvalue weighted by molar-refractivity contribution is -0.395. The van der Waals surface area contributed by atoms with E-state index < -0.39 is 159 Å². The second-order valence-corrected chi connectivity index (χ2v) is 25.0. The average molecular weight is 1080 g/mol. The van der Waals surface area contributed by atoms with Crippen molar-refractivity contribution in [2.75, 3.05) is 33.0 Å². The lowest BCUT2D eigenvalue weighted by Gasteiger charge is -2.70. The Hall–Kier alpha value is -1.14. The monoisotopic (exact) mass is 1080 g/mol. The van der Waals surface area contributed by atoms with E-state index in [0.29, 0.717) is 38.5 Å². The molecule has 22 nitrogen and oxygen atoms in total. The quantitative estimate of drug-likeness (QED) is 0.0614. The summed E-state index contributed by atoms with van der Waals surface area (Å²) in [4.78, 5) is 0. The van der Waals surface area contributed by atoms with Gasteiger partial charge in [0, 0.05) is 12.0 Å². The van der Waals surface area contributed by atoms with E-state index >= 15 is 0 Å². The topological polar surface area (TPSA) is 357 Å². The van der Waals surface area contributed by atoms with Gasteiger partial charge >= 0.3 is 0 Å². The number of rotatable bonds is 16. The Morgan fingerprint density at radius 1 is 0.600 bits per heavy atom. The summed E-state index contributed by atoms with van der Waals surface area (Å²) < 4.78 is 49.0. The number of hydrogen-bond donors (Lipinski definition) is 14. The van der Waals surface area contributed by atoms with Gasteiger partial charge in [-0.05, 0) is 125 Å². The minimum absolute atomic E-state index is 0.0479. The molecule has 0 aromatic heterocycles. The first-order chi connectivity index (χ1) is 35.2. The molecule has 8 rings (SSSR count). The SMILES string of the molecule is CC(C)=CCC[C@@](O)(CO[C@@H]1O[C@H](CO)[C@@H](O)[C@H](O)[C@H]1O)[C@H]1CC[C@]2(C)[C@@H]1CC[C@@H]1[C@@]3(CO)CC[C@H](O[C@@H]4O[C@H](CO)[C@@H](O)[C@H](O[C@@H]5OC[C@@H](O)[C@H](O)[C@H]5O)[C@H]4O[C@@H]4O[C@@H](C)[C@H](O)[C@@H](O)[C@H]4O)C(C)(C)C3CC[C@]12C. The molecule has 4 aliphatic carbocycles. The Bertz CT molecular complexity index is 1930. The van der Waals surface area contributed by atoms with E-state index in [0.717, 1.165) is 31.3 Å². The molecule has 4 saturated heterocycles. The molecule has 8 fully saturated rings.